The lowest BCUT2D eigenvalue weighted by Crippen LogP contribution is -2.39. The minimum atomic E-state index is -3.64. The van der Waals surface area contributed by atoms with Crippen LogP contribution in [0.1, 0.15) is 33.9 Å². The number of hydrogen-bond donors (Lipinski definition) is 2. The fourth-order valence-corrected chi connectivity index (χ4v) is 5.21. The Labute approximate surface area is 186 Å². The Morgan fingerprint density at radius 2 is 1.88 bits per heavy atom. The summed E-state index contributed by atoms with van der Waals surface area (Å²) in [5, 5.41) is 0. The summed E-state index contributed by atoms with van der Waals surface area (Å²) in [6.45, 7) is 7.38. The standard InChI is InChI=1S/C17H30FN3O9P2/c1-10(2)21(11(3)4)31(24)30-14-13(18)15(20-8-7-12(22)19-17(20)23)29-16(14)28-9-32(25,26-5)27-6/h7-8,10-11,13-16,24H,9H2,1-6H3,(H,19,22,23)/t13-,14+,15-,16+,31?/m1/s1. The average Bonchev–Trinajstić information content (AvgIpc) is 3.01. The highest BCUT2D eigenvalue weighted by Gasteiger charge is 2.50. The zero-order valence-electron chi connectivity index (χ0n) is 18.7. The predicted octanol–water partition coefficient (Wildman–Crippen LogP) is 1.91. The monoisotopic (exact) mass is 501 g/mol. The fraction of sp³-hybridized carbons (Fsp3) is 0.765. The molecule has 0 aromatic carbocycles. The van der Waals surface area contributed by atoms with Crippen LogP contribution in [0.25, 0.3) is 0 Å². The number of aromatic amines is 1. The number of nitrogens with zero attached hydrogens (tertiary/aromatic N) is 2. The topological polar surface area (TPSA) is 142 Å². The van der Waals surface area contributed by atoms with E-state index in [2.05, 4.69) is 0 Å². The quantitative estimate of drug-likeness (QED) is 0.432. The van der Waals surface area contributed by atoms with Crippen LogP contribution in [0, 0.1) is 0 Å². The molecular formula is C17H30FN3O9P2. The first-order valence-electron chi connectivity index (χ1n) is 9.81. The molecule has 0 aliphatic carbocycles. The molecule has 1 unspecified atom stereocenters. The van der Waals surface area contributed by atoms with Crippen molar-refractivity contribution < 1.29 is 36.9 Å². The molecule has 0 bridgehead atoms. The van der Waals surface area contributed by atoms with Crippen LogP contribution in [0.3, 0.4) is 0 Å². The molecule has 1 aromatic heterocycles. The van der Waals surface area contributed by atoms with Crippen LogP contribution in [-0.4, -0.2) is 70.3 Å². The lowest BCUT2D eigenvalue weighted by Gasteiger charge is -2.35. The van der Waals surface area contributed by atoms with E-state index in [-0.39, 0.29) is 12.1 Å². The van der Waals surface area contributed by atoms with Crippen LogP contribution in [0.4, 0.5) is 4.39 Å². The van der Waals surface area contributed by atoms with Crippen molar-refractivity contribution in [3.05, 3.63) is 33.1 Å². The molecule has 2 heterocycles. The molecule has 15 heteroatoms. The Bertz CT molecular complexity index is 896. The van der Waals surface area contributed by atoms with Gasteiger partial charge in [-0.3, -0.25) is 18.9 Å². The Kier molecular flexibility index (Phi) is 9.72. The van der Waals surface area contributed by atoms with Gasteiger partial charge in [0.2, 0.25) is 0 Å². The third-order valence-electron chi connectivity index (χ3n) is 4.68. The lowest BCUT2D eigenvalue weighted by molar-refractivity contribution is -0.166. The maximum absolute atomic E-state index is 15.4. The largest absolute Gasteiger partial charge is 0.355 e. The van der Waals surface area contributed by atoms with E-state index in [0.29, 0.717) is 0 Å². The molecule has 184 valence electrons. The molecular weight excluding hydrogens is 471 g/mol. The number of rotatable bonds is 11. The summed E-state index contributed by atoms with van der Waals surface area (Å²) >= 11 is 0. The van der Waals surface area contributed by atoms with Crippen molar-refractivity contribution >= 4 is 16.1 Å². The smallest absolute Gasteiger partial charge is 0.338 e. The van der Waals surface area contributed by atoms with E-state index >= 15 is 4.39 Å². The van der Waals surface area contributed by atoms with Gasteiger partial charge in [0, 0.05) is 38.6 Å². The van der Waals surface area contributed by atoms with Crippen molar-refractivity contribution in [1.82, 2.24) is 14.2 Å². The van der Waals surface area contributed by atoms with Crippen molar-refractivity contribution in [2.24, 2.45) is 0 Å². The third-order valence-corrected chi connectivity index (χ3v) is 8.01. The zero-order chi connectivity index (χ0) is 24.2. The number of hydrogen-bond acceptors (Lipinski definition) is 10. The summed E-state index contributed by atoms with van der Waals surface area (Å²) in [5.41, 5.74) is -1.56. The fourth-order valence-electron chi connectivity index (χ4n) is 3.19. The summed E-state index contributed by atoms with van der Waals surface area (Å²) < 4.78 is 56.5. The molecule has 0 radical (unpaired) electrons. The van der Waals surface area contributed by atoms with Gasteiger partial charge in [-0.2, -0.15) is 0 Å². The van der Waals surface area contributed by atoms with Crippen LogP contribution >= 0.6 is 16.1 Å². The van der Waals surface area contributed by atoms with Gasteiger partial charge in [0.05, 0.1) is 0 Å². The molecule has 5 atom stereocenters. The SMILES string of the molecule is COP(=O)(CO[C@H]1O[C@@H](n2ccc(=O)[nH]c2=O)[C@H](F)[C@@H]1OP(O)N(C(C)C)C(C)C)OC. The molecule has 1 saturated heterocycles. The second-order valence-electron chi connectivity index (χ2n) is 7.52. The number of nitrogens with one attached hydrogen (secondary N) is 1. The van der Waals surface area contributed by atoms with Gasteiger partial charge in [0.15, 0.2) is 31.1 Å². The van der Waals surface area contributed by atoms with Crippen LogP contribution in [0.2, 0.25) is 0 Å². The van der Waals surface area contributed by atoms with E-state index in [1.54, 1.807) is 4.67 Å². The van der Waals surface area contributed by atoms with E-state index in [1.165, 1.54) is 0 Å². The molecule has 2 N–H and O–H groups in total. The number of halogens is 1. The number of H-pyrrole nitrogens is 1. The Morgan fingerprint density at radius 1 is 1.28 bits per heavy atom. The normalized spacial score (nSPS) is 25.2. The first-order chi connectivity index (χ1) is 14.9. The van der Waals surface area contributed by atoms with Crippen molar-refractivity contribution in [1.29, 1.82) is 0 Å². The molecule has 1 aliphatic heterocycles. The van der Waals surface area contributed by atoms with Gasteiger partial charge in [-0.05, 0) is 27.7 Å². The Morgan fingerprint density at radius 3 is 2.38 bits per heavy atom. The predicted molar refractivity (Wildman–Crippen MR) is 114 cm³/mol. The second kappa shape index (κ2) is 11.4. The lowest BCUT2D eigenvalue weighted by atomic mass is 10.2. The van der Waals surface area contributed by atoms with Gasteiger partial charge in [0.25, 0.3) is 14.1 Å². The van der Waals surface area contributed by atoms with Crippen LogP contribution in [0.15, 0.2) is 21.9 Å². The van der Waals surface area contributed by atoms with Gasteiger partial charge in [-0.1, -0.05) is 0 Å². The highest BCUT2D eigenvalue weighted by molar-refractivity contribution is 7.53. The molecule has 1 aromatic rings. The Hall–Kier alpha value is -1.01. The molecule has 0 spiro atoms. The van der Waals surface area contributed by atoms with Crippen LogP contribution in [0.5, 0.6) is 0 Å². The van der Waals surface area contributed by atoms with Crippen LogP contribution in [-0.2, 0) is 27.6 Å². The molecule has 0 saturated carbocycles. The number of ether oxygens (including phenoxy) is 2. The zero-order valence-corrected chi connectivity index (χ0v) is 20.5. The van der Waals surface area contributed by atoms with Gasteiger partial charge >= 0.3 is 13.3 Å². The average molecular weight is 501 g/mol. The molecule has 0 amide bonds. The minimum absolute atomic E-state index is 0.120. The third kappa shape index (κ3) is 6.31. The Balaban J connectivity index is 2.33. The van der Waals surface area contributed by atoms with Gasteiger partial charge in [0.1, 0.15) is 0 Å². The van der Waals surface area contributed by atoms with Crippen molar-refractivity contribution in [2.75, 3.05) is 20.6 Å². The summed E-state index contributed by atoms with van der Waals surface area (Å²) in [7, 11) is -3.59. The second-order valence-corrected chi connectivity index (χ2v) is 10.9. The van der Waals surface area contributed by atoms with E-state index < -0.39 is 58.5 Å². The van der Waals surface area contributed by atoms with E-state index in [1.807, 2.05) is 32.7 Å². The molecule has 12 nitrogen and oxygen atoms in total. The van der Waals surface area contributed by atoms with Crippen LogP contribution < -0.4 is 11.2 Å². The molecule has 32 heavy (non-hydrogen) atoms. The highest BCUT2D eigenvalue weighted by Crippen LogP contribution is 2.49. The summed E-state index contributed by atoms with van der Waals surface area (Å²) in [6.07, 6.45) is -5.99. The maximum Gasteiger partial charge on any atom is 0.355 e. The number of alkyl halides is 1. The van der Waals surface area contributed by atoms with E-state index in [9.17, 15) is 19.0 Å². The first kappa shape index (κ1) is 27.2. The number of aromatic nitrogens is 2. The van der Waals surface area contributed by atoms with Crippen molar-refractivity contribution in [2.45, 2.75) is 64.6 Å². The van der Waals surface area contributed by atoms with Crippen molar-refractivity contribution in [3.8, 4) is 0 Å². The maximum atomic E-state index is 15.4. The van der Waals surface area contributed by atoms with Crippen molar-refractivity contribution in [3.63, 3.8) is 0 Å². The molecule has 1 fully saturated rings. The minimum Gasteiger partial charge on any atom is -0.338 e. The first-order valence-corrected chi connectivity index (χ1v) is 12.7. The van der Waals surface area contributed by atoms with Gasteiger partial charge in [-0.25, -0.2) is 13.9 Å². The highest BCUT2D eigenvalue weighted by atomic mass is 31.2. The van der Waals surface area contributed by atoms with Gasteiger partial charge in [-0.15, -0.1) is 0 Å². The summed E-state index contributed by atoms with van der Waals surface area (Å²) in [5.74, 6) is 0. The summed E-state index contributed by atoms with van der Waals surface area (Å²) in [6, 6.07) is 0.792. The summed E-state index contributed by atoms with van der Waals surface area (Å²) in [4.78, 5) is 36.2. The molecule has 1 aliphatic rings. The van der Waals surface area contributed by atoms with E-state index in [4.69, 9.17) is 23.0 Å². The van der Waals surface area contributed by atoms with Gasteiger partial charge < -0.3 is 27.9 Å². The molecule has 2 rings (SSSR count). The van der Waals surface area contributed by atoms with E-state index in [0.717, 1.165) is 31.0 Å².